The van der Waals surface area contributed by atoms with E-state index in [1.165, 1.54) is 0 Å². The summed E-state index contributed by atoms with van der Waals surface area (Å²) >= 11 is 0. The van der Waals surface area contributed by atoms with Gasteiger partial charge in [0.05, 0.1) is 6.61 Å². The highest BCUT2D eigenvalue weighted by atomic mass is 32.2. The van der Waals surface area contributed by atoms with Gasteiger partial charge >= 0.3 is 10.1 Å². The maximum atomic E-state index is 10.3. The third-order valence-corrected chi connectivity index (χ3v) is 1.55. The number of thiocyanates is 1. The van der Waals surface area contributed by atoms with Crippen molar-refractivity contribution in [3.8, 4) is 5.40 Å². The smallest absolute Gasteiger partial charge is 0.259 e. The number of unbranched alkanes of at least 4 members (excludes halogenated alkanes) is 1. The van der Waals surface area contributed by atoms with Crippen molar-refractivity contribution in [3.63, 3.8) is 0 Å². The summed E-state index contributed by atoms with van der Waals surface area (Å²) in [5.41, 5.74) is 0. The summed E-state index contributed by atoms with van der Waals surface area (Å²) in [7, 11) is -3.89. The lowest BCUT2D eigenvalue weighted by Gasteiger charge is -1.94. The highest BCUT2D eigenvalue weighted by Crippen LogP contribution is 1.93. The molecule has 0 bridgehead atoms. The highest BCUT2D eigenvalue weighted by molar-refractivity contribution is 7.91. The van der Waals surface area contributed by atoms with Gasteiger partial charge in [0.1, 0.15) is 0 Å². The summed E-state index contributed by atoms with van der Waals surface area (Å²) in [6, 6.07) is 0. The van der Waals surface area contributed by atoms with Gasteiger partial charge in [0.25, 0.3) is 0 Å². The van der Waals surface area contributed by atoms with E-state index in [4.69, 9.17) is 5.26 Å². The van der Waals surface area contributed by atoms with Crippen LogP contribution < -0.4 is 0 Å². The first-order valence-electron chi connectivity index (χ1n) is 2.92. The third kappa shape index (κ3) is 4.30. The Kier molecular flexibility index (Phi) is 4.00. The predicted molar refractivity (Wildman–Crippen MR) is 35.4 cm³/mol. The minimum atomic E-state index is -3.89. The molecule has 4 nitrogen and oxygen atoms in total. The number of nitrogens with zero attached hydrogens (tertiary/aromatic N) is 1. The maximum absolute atomic E-state index is 10.3. The number of nitriles is 1. The Morgan fingerprint density at radius 1 is 1.60 bits per heavy atom. The molecule has 0 aliphatic carbocycles. The summed E-state index contributed by atoms with van der Waals surface area (Å²) in [6.45, 7) is 2.01. The quantitative estimate of drug-likeness (QED) is 0.263. The zero-order valence-corrected chi connectivity index (χ0v) is 6.52. The molecule has 0 amide bonds. The lowest BCUT2D eigenvalue weighted by molar-refractivity contribution is 0.317. The number of hydrogen-bond acceptors (Lipinski definition) is 4. The molecule has 0 aliphatic heterocycles. The first kappa shape index (κ1) is 9.40. The molecular formula is C5H9NO3S. The van der Waals surface area contributed by atoms with Gasteiger partial charge in [-0.2, -0.15) is 13.7 Å². The predicted octanol–water partition coefficient (Wildman–Crippen LogP) is 0.614. The minimum Gasteiger partial charge on any atom is -0.259 e. The molecule has 0 aliphatic rings. The second-order valence-electron chi connectivity index (χ2n) is 1.72. The molecule has 5 heteroatoms. The van der Waals surface area contributed by atoms with Gasteiger partial charge < -0.3 is 0 Å². The van der Waals surface area contributed by atoms with Crippen LogP contribution >= 0.6 is 0 Å². The number of rotatable bonds is 4. The Bertz CT molecular complexity index is 214. The first-order valence-corrected chi connectivity index (χ1v) is 4.33. The Labute approximate surface area is 60.5 Å². The molecule has 0 aromatic carbocycles. The van der Waals surface area contributed by atoms with E-state index >= 15 is 0 Å². The lowest BCUT2D eigenvalue weighted by atomic mass is 10.4. The van der Waals surface area contributed by atoms with Gasteiger partial charge in [-0.3, -0.25) is 4.18 Å². The Balaban J connectivity index is 3.62. The van der Waals surface area contributed by atoms with Crippen molar-refractivity contribution < 1.29 is 12.6 Å². The average Bonchev–Trinajstić information content (AvgIpc) is 1.89. The van der Waals surface area contributed by atoms with Crippen molar-refractivity contribution in [1.29, 1.82) is 5.26 Å². The standard InChI is InChI=1S/C5H9NO3S/c1-2-3-4-9-10(7,8)5-6/h2-4H2,1H3. The van der Waals surface area contributed by atoms with Crippen molar-refractivity contribution in [2.45, 2.75) is 19.8 Å². The zero-order chi connectivity index (χ0) is 8.04. The van der Waals surface area contributed by atoms with Gasteiger partial charge in [-0.25, -0.2) is 0 Å². The zero-order valence-electron chi connectivity index (χ0n) is 5.70. The van der Waals surface area contributed by atoms with Crippen LogP contribution in [0.5, 0.6) is 0 Å². The second kappa shape index (κ2) is 4.25. The average molecular weight is 163 g/mol. The molecule has 0 aromatic rings. The summed E-state index contributed by atoms with van der Waals surface area (Å²) < 4.78 is 24.8. The molecule has 0 N–H and O–H groups in total. The van der Waals surface area contributed by atoms with E-state index in [1.54, 1.807) is 0 Å². The fourth-order valence-corrected chi connectivity index (χ4v) is 0.729. The monoisotopic (exact) mass is 163 g/mol. The van der Waals surface area contributed by atoms with Gasteiger partial charge in [-0.05, 0) is 6.42 Å². The van der Waals surface area contributed by atoms with Crippen LogP contribution in [0.4, 0.5) is 0 Å². The molecule has 0 aromatic heterocycles. The van der Waals surface area contributed by atoms with Crippen LogP contribution in [0.2, 0.25) is 0 Å². The highest BCUT2D eigenvalue weighted by Gasteiger charge is 2.06. The van der Waals surface area contributed by atoms with Crippen LogP contribution in [0, 0.1) is 10.7 Å². The fourth-order valence-electron chi connectivity index (χ4n) is 0.339. The fraction of sp³-hybridized carbons (Fsp3) is 0.800. The van der Waals surface area contributed by atoms with Crippen molar-refractivity contribution in [3.05, 3.63) is 0 Å². The van der Waals surface area contributed by atoms with Crippen LogP contribution in [0.3, 0.4) is 0 Å². The van der Waals surface area contributed by atoms with E-state index in [0.717, 1.165) is 11.8 Å². The number of hydrogen-bond donors (Lipinski definition) is 0. The second-order valence-corrected chi connectivity index (χ2v) is 3.05. The van der Waals surface area contributed by atoms with Gasteiger partial charge in [0, 0.05) is 0 Å². The van der Waals surface area contributed by atoms with Gasteiger partial charge in [0.15, 0.2) is 0 Å². The van der Waals surface area contributed by atoms with Crippen molar-refractivity contribution in [2.75, 3.05) is 6.61 Å². The van der Waals surface area contributed by atoms with E-state index in [-0.39, 0.29) is 6.61 Å². The topological polar surface area (TPSA) is 67.2 Å². The molecule has 0 radical (unpaired) electrons. The maximum Gasteiger partial charge on any atom is 0.362 e. The van der Waals surface area contributed by atoms with E-state index in [0.29, 0.717) is 6.42 Å². The normalized spacial score (nSPS) is 10.8. The molecule has 0 unspecified atom stereocenters. The molecule has 0 heterocycles. The Hall–Kier alpha value is -0.600. The van der Waals surface area contributed by atoms with E-state index < -0.39 is 10.1 Å². The van der Waals surface area contributed by atoms with Crippen LogP contribution in [-0.2, 0) is 14.3 Å². The molecule has 58 valence electrons. The molecule has 10 heavy (non-hydrogen) atoms. The van der Waals surface area contributed by atoms with Crippen LogP contribution in [0.1, 0.15) is 19.8 Å². The van der Waals surface area contributed by atoms with Gasteiger partial charge in [-0.1, -0.05) is 13.3 Å². The van der Waals surface area contributed by atoms with Crippen LogP contribution in [0.25, 0.3) is 0 Å². The Morgan fingerprint density at radius 3 is 2.60 bits per heavy atom. The molecule has 0 atom stereocenters. The molecule has 0 saturated heterocycles. The Morgan fingerprint density at radius 2 is 2.20 bits per heavy atom. The van der Waals surface area contributed by atoms with Gasteiger partial charge in [0.2, 0.25) is 5.40 Å². The largest absolute Gasteiger partial charge is 0.362 e. The molecular weight excluding hydrogens is 154 g/mol. The summed E-state index contributed by atoms with van der Waals surface area (Å²) in [4.78, 5) is 0. The van der Waals surface area contributed by atoms with E-state index in [1.807, 2.05) is 6.92 Å². The third-order valence-electron chi connectivity index (χ3n) is 0.848. The van der Waals surface area contributed by atoms with Crippen molar-refractivity contribution in [1.82, 2.24) is 0 Å². The summed E-state index contributed by atoms with van der Waals surface area (Å²) in [5.74, 6) is 0. The minimum absolute atomic E-state index is 0.104. The van der Waals surface area contributed by atoms with Crippen LogP contribution in [0.15, 0.2) is 0 Å². The van der Waals surface area contributed by atoms with Crippen molar-refractivity contribution in [2.24, 2.45) is 0 Å². The van der Waals surface area contributed by atoms with E-state index in [2.05, 4.69) is 4.18 Å². The molecule has 0 spiro atoms. The van der Waals surface area contributed by atoms with Gasteiger partial charge in [-0.15, -0.1) is 0 Å². The van der Waals surface area contributed by atoms with E-state index in [9.17, 15) is 8.42 Å². The van der Waals surface area contributed by atoms with Crippen molar-refractivity contribution >= 4 is 10.1 Å². The molecule has 0 fully saturated rings. The van der Waals surface area contributed by atoms with Crippen LogP contribution in [-0.4, -0.2) is 15.0 Å². The molecule has 0 rings (SSSR count). The summed E-state index contributed by atoms with van der Waals surface area (Å²) in [6.07, 6.45) is 1.50. The lowest BCUT2D eigenvalue weighted by Crippen LogP contribution is -2.02. The molecule has 0 saturated carbocycles. The SMILES string of the molecule is CCCCOS(=O)(=O)C#N. The summed E-state index contributed by atoms with van der Waals surface area (Å²) in [5, 5.41) is 8.98. The first-order chi connectivity index (χ1) is 4.62.